The summed E-state index contributed by atoms with van der Waals surface area (Å²) >= 11 is 11.4. The van der Waals surface area contributed by atoms with Gasteiger partial charge in [-0.1, -0.05) is 35.9 Å². The van der Waals surface area contributed by atoms with Crippen LogP contribution in [-0.4, -0.2) is 24.2 Å². The van der Waals surface area contributed by atoms with Crippen LogP contribution in [0.2, 0.25) is 5.02 Å². The molecule has 5 heteroatoms. The summed E-state index contributed by atoms with van der Waals surface area (Å²) in [5, 5.41) is 4.70. The fraction of sp³-hybridized carbons (Fsp3) is 0.235. The number of nitrogens with zero attached hydrogens (tertiary/aromatic N) is 1. The molecule has 0 radical (unpaired) electrons. The summed E-state index contributed by atoms with van der Waals surface area (Å²) in [6.07, 6.45) is 0. The van der Waals surface area contributed by atoms with Gasteiger partial charge in [-0.2, -0.15) is 0 Å². The Hall–Kier alpha value is -1.78. The molecule has 1 N–H and O–H groups in total. The zero-order valence-electron chi connectivity index (χ0n) is 12.7. The molecular formula is C17H19ClN2OS. The van der Waals surface area contributed by atoms with E-state index in [0.29, 0.717) is 11.7 Å². The van der Waals surface area contributed by atoms with Crippen molar-refractivity contribution in [1.82, 2.24) is 10.2 Å². The monoisotopic (exact) mass is 334 g/mol. The molecule has 0 fully saturated rings. The summed E-state index contributed by atoms with van der Waals surface area (Å²) in [6, 6.07) is 15.7. The molecule has 0 heterocycles. The van der Waals surface area contributed by atoms with Gasteiger partial charge in [0.05, 0.1) is 7.11 Å². The number of ether oxygens (including phenoxy) is 1. The molecule has 0 aliphatic rings. The van der Waals surface area contributed by atoms with Gasteiger partial charge in [0.15, 0.2) is 5.11 Å². The van der Waals surface area contributed by atoms with Crippen molar-refractivity contribution in [3.63, 3.8) is 0 Å². The number of hydrogen-bond donors (Lipinski definition) is 1. The van der Waals surface area contributed by atoms with E-state index in [-0.39, 0.29) is 0 Å². The Balaban J connectivity index is 1.85. The quantitative estimate of drug-likeness (QED) is 0.839. The minimum atomic E-state index is 0.683. The molecule has 0 saturated carbocycles. The van der Waals surface area contributed by atoms with Crippen LogP contribution in [0.3, 0.4) is 0 Å². The molecule has 2 rings (SSSR count). The van der Waals surface area contributed by atoms with Crippen LogP contribution in [0.5, 0.6) is 5.75 Å². The molecule has 0 saturated heterocycles. The second-order valence-corrected chi connectivity index (χ2v) is 5.82. The zero-order chi connectivity index (χ0) is 15.9. The van der Waals surface area contributed by atoms with Gasteiger partial charge in [-0.3, -0.25) is 0 Å². The van der Waals surface area contributed by atoms with Crippen molar-refractivity contribution in [1.29, 1.82) is 0 Å². The van der Waals surface area contributed by atoms with Crippen molar-refractivity contribution in [2.45, 2.75) is 13.1 Å². The second-order valence-electron chi connectivity index (χ2n) is 4.99. The third-order valence-corrected chi connectivity index (χ3v) is 3.95. The molecule has 2 aromatic carbocycles. The van der Waals surface area contributed by atoms with E-state index in [4.69, 9.17) is 28.6 Å². The van der Waals surface area contributed by atoms with Crippen molar-refractivity contribution in [3.05, 3.63) is 64.7 Å². The van der Waals surface area contributed by atoms with Crippen molar-refractivity contribution in [3.8, 4) is 5.75 Å². The Bertz CT molecular complexity index is 631. The van der Waals surface area contributed by atoms with Gasteiger partial charge < -0.3 is 15.0 Å². The van der Waals surface area contributed by atoms with E-state index < -0.39 is 0 Å². The molecule has 2 aromatic rings. The van der Waals surface area contributed by atoms with E-state index >= 15 is 0 Å². The highest BCUT2D eigenvalue weighted by Crippen LogP contribution is 2.13. The average Bonchev–Trinajstić information content (AvgIpc) is 2.53. The number of thiocarbonyl (C=S) groups is 1. The Kier molecular flexibility index (Phi) is 6.04. The molecule has 3 nitrogen and oxygen atoms in total. The smallest absolute Gasteiger partial charge is 0.169 e. The Labute approximate surface area is 141 Å². The molecule has 0 aromatic heterocycles. The van der Waals surface area contributed by atoms with Crippen LogP contribution in [0.25, 0.3) is 0 Å². The molecule has 0 bridgehead atoms. The number of rotatable bonds is 5. The minimum Gasteiger partial charge on any atom is -0.497 e. The molecule has 0 amide bonds. The lowest BCUT2D eigenvalue weighted by Crippen LogP contribution is -2.36. The van der Waals surface area contributed by atoms with Crippen molar-refractivity contribution in [2.24, 2.45) is 0 Å². The first-order valence-electron chi connectivity index (χ1n) is 6.95. The summed E-state index contributed by atoms with van der Waals surface area (Å²) in [6.45, 7) is 1.40. The van der Waals surface area contributed by atoms with Gasteiger partial charge in [0, 0.05) is 25.2 Å². The predicted octanol–water partition coefficient (Wildman–Crippen LogP) is 3.86. The van der Waals surface area contributed by atoms with E-state index in [1.165, 1.54) is 0 Å². The summed E-state index contributed by atoms with van der Waals surface area (Å²) in [4.78, 5) is 1.99. The number of methoxy groups -OCH3 is 1. The van der Waals surface area contributed by atoms with Crippen LogP contribution in [0.15, 0.2) is 48.5 Å². The molecule has 0 aliphatic carbocycles. The zero-order valence-corrected chi connectivity index (χ0v) is 14.2. The molecule has 0 unspecified atom stereocenters. The van der Waals surface area contributed by atoms with Crippen LogP contribution in [0, 0.1) is 0 Å². The molecule has 0 aliphatic heterocycles. The van der Waals surface area contributed by atoms with Gasteiger partial charge >= 0.3 is 0 Å². The van der Waals surface area contributed by atoms with Gasteiger partial charge in [-0.05, 0) is 47.6 Å². The molecule has 0 spiro atoms. The third-order valence-electron chi connectivity index (χ3n) is 3.26. The normalized spacial score (nSPS) is 10.1. The van der Waals surface area contributed by atoms with Crippen LogP contribution < -0.4 is 10.1 Å². The Morgan fingerprint density at radius 1 is 1.18 bits per heavy atom. The van der Waals surface area contributed by atoms with Gasteiger partial charge in [0.25, 0.3) is 0 Å². The van der Waals surface area contributed by atoms with Crippen LogP contribution in [-0.2, 0) is 13.1 Å². The molecular weight excluding hydrogens is 316 g/mol. The van der Waals surface area contributed by atoms with Gasteiger partial charge in [-0.25, -0.2) is 0 Å². The van der Waals surface area contributed by atoms with Crippen LogP contribution in [0.4, 0.5) is 0 Å². The van der Waals surface area contributed by atoms with Gasteiger partial charge in [0.2, 0.25) is 0 Å². The summed E-state index contributed by atoms with van der Waals surface area (Å²) in [5.74, 6) is 0.851. The van der Waals surface area contributed by atoms with E-state index in [9.17, 15) is 0 Å². The molecule has 22 heavy (non-hydrogen) atoms. The van der Waals surface area contributed by atoms with Gasteiger partial charge in [-0.15, -0.1) is 0 Å². The maximum absolute atomic E-state index is 6.00. The predicted molar refractivity (Wildman–Crippen MR) is 95.4 cm³/mol. The van der Waals surface area contributed by atoms with Crippen LogP contribution in [0.1, 0.15) is 11.1 Å². The lowest BCUT2D eigenvalue weighted by atomic mass is 10.2. The Morgan fingerprint density at radius 2 is 1.91 bits per heavy atom. The lowest BCUT2D eigenvalue weighted by Gasteiger charge is -2.21. The first kappa shape index (κ1) is 16.6. The third kappa shape index (κ3) is 4.90. The lowest BCUT2D eigenvalue weighted by molar-refractivity contribution is 0.414. The van der Waals surface area contributed by atoms with Crippen molar-refractivity contribution in [2.75, 3.05) is 14.2 Å². The second kappa shape index (κ2) is 8.01. The number of nitrogens with one attached hydrogen (secondary N) is 1. The van der Waals surface area contributed by atoms with Crippen molar-refractivity contribution >= 4 is 28.9 Å². The first-order valence-corrected chi connectivity index (χ1v) is 7.73. The van der Waals surface area contributed by atoms with E-state index in [1.807, 2.05) is 60.5 Å². The van der Waals surface area contributed by atoms with Gasteiger partial charge in [0.1, 0.15) is 5.75 Å². The summed E-state index contributed by atoms with van der Waals surface area (Å²) < 4.78 is 5.14. The average molecular weight is 335 g/mol. The van der Waals surface area contributed by atoms with Crippen molar-refractivity contribution < 1.29 is 4.74 Å². The SMILES string of the molecule is COc1ccc(CNC(=S)N(C)Cc2cccc(Cl)c2)cc1. The van der Waals surface area contributed by atoms with E-state index in [1.54, 1.807) is 7.11 Å². The van der Waals surface area contributed by atoms with Crippen LogP contribution >= 0.6 is 23.8 Å². The summed E-state index contributed by atoms with van der Waals surface area (Å²) in [5.41, 5.74) is 2.28. The largest absolute Gasteiger partial charge is 0.497 e. The van der Waals surface area contributed by atoms with E-state index in [2.05, 4.69) is 5.32 Å². The molecule has 0 atom stereocenters. The highest BCUT2D eigenvalue weighted by molar-refractivity contribution is 7.80. The topological polar surface area (TPSA) is 24.5 Å². The Morgan fingerprint density at radius 3 is 2.55 bits per heavy atom. The highest BCUT2D eigenvalue weighted by atomic mass is 35.5. The molecule has 116 valence electrons. The number of hydrogen-bond acceptors (Lipinski definition) is 2. The minimum absolute atomic E-state index is 0.683. The highest BCUT2D eigenvalue weighted by Gasteiger charge is 2.05. The first-order chi connectivity index (χ1) is 10.6. The maximum Gasteiger partial charge on any atom is 0.169 e. The van der Waals surface area contributed by atoms with E-state index in [0.717, 1.165) is 28.4 Å². The number of benzene rings is 2. The summed E-state index contributed by atoms with van der Waals surface area (Å²) in [7, 11) is 3.62. The number of halogens is 1. The standard InChI is InChI=1S/C17H19ClN2OS/c1-20(12-14-4-3-5-15(18)10-14)17(22)19-11-13-6-8-16(21-2)9-7-13/h3-10H,11-12H2,1-2H3,(H,19,22). The fourth-order valence-corrected chi connectivity index (χ4v) is 2.39. The fourth-order valence-electron chi connectivity index (χ4n) is 2.04. The maximum atomic E-state index is 6.00.